The van der Waals surface area contributed by atoms with E-state index in [0.717, 1.165) is 0 Å². The maximum Gasteiger partial charge on any atom is 0.513 e. The Balaban J connectivity index is 1.51. The zero-order valence-corrected chi connectivity index (χ0v) is 20.7. The fourth-order valence-corrected chi connectivity index (χ4v) is 3.19. The van der Waals surface area contributed by atoms with Gasteiger partial charge in [0.1, 0.15) is 11.5 Å². The largest absolute Gasteiger partial charge is 0.513 e. The third-order valence-corrected chi connectivity index (χ3v) is 5.22. The van der Waals surface area contributed by atoms with Crippen molar-refractivity contribution >= 4 is 29.3 Å². The van der Waals surface area contributed by atoms with Gasteiger partial charge in [0.15, 0.2) is 6.10 Å². The van der Waals surface area contributed by atoms with E-state index in [2.05, 4.69) is 24.5 Å². The molecule has 188 valence electrons. The van der Waals surface area contributed by atoms with Gasteiger partial charge < -0.3 is 24.8 Å². The second-order valence-corrected chi connectivity index (χ2v) is 8.31. The average molecular weight is 491 g/mol. The van der Waals surface area contributed by atoms with E-state index >= 15 is 0 Å². The third-order valence-electron chi connectivity index (χ3n) is 5.22. The lowest BCUT2D eigenvalue weighted by molar-refractivity contribution is -0.122. The summed E-state index contributed by atoms with van der Waals surface area (Å²) in [7, 11) is 0. The lowest BCUT2D eigenvalue weighted by Crippen LogP contribution is -2.30. The first-order valence-electron chi connectivity index (χ1n) is 11.7. The van der Waals surface area contributed by atoms with Crippen LogP contribution >= 0.6 is 0 Å². The Morgan fingerprint density at radius 3 is 1.86 bits per heavy atom. The molecule has 0 aliphatic rings. The summed E-state index contributed by atoms with van der Waals surface area (Å²) in [6.45, 7) is 7.80. The lowest BCUT2D eigenvalue weighted by atomic mass is 10.0. The maximum atomic E-state index is 12.5. The smallest absolute Gasteiger partial charge is 0.481 e. The normalized spacial score (nSPS) is 11.4. The number of ether oxygens (including phenoxy) is 3. The fraction of sp³-hybridized carbons (Fsp3) is 0.250. The molecule has 0 aromatic heterocycles. The second kappa shape index (κ2) is 12.4. The number of nitrogens with one attached hydrogen (secondary N) is 2. The summed E-state index contributed by atoms with van der Waals surface area (Å²) < 4.78 is 15.4. The zero-order chi connectivity index (χ0) is 26.1. The molecule has 1 unspecified atom stereocenters. The van der Waals surface area contributed by atoms with Crippen molar-refractivity contribution in [2.45, 2.75) is 39.7 Å². The van der Waals surface area contributed by atoms with Gasteiger partial charge in [-0.2, -0.15) is 0 Å². The molecule has 0 radical (unpaired) electrons. The summed E-state index contributed by atoms with van der Waals surface area (Å²) in [5.41, 5.74) is 2.71. The predicted octanol–water partition coefficient (Wildman–Crippen LogP) is 6.00. The monoisotopic (exact) mass is 490 g/mol. The Morgan fingerprint density at radius 1 is 0.750 bits per heavy atom. The van der Waals surface area contributed by atoms with Crippen LogP contribution in [-0.4, -0.2) is 30.7 Å². The van der Waals surface area contributed by atoms with Crippen molar-refractivity contribution in [2.75, 3.05) is 17.2 Å². The SMILES string of the molecule is CCOC(=O)Oc1ccc(C(=O)Nc2ccc(NC(=O)C(C)Oc3ccc(C(C)C)cc3)cc2)cc1. The van der Waals surface area contributed by atoms with Crippen LogP contribution in [0.4, 0.5) is 16.2 Å². The van der Waals surface area contributed by atoms with Gasteiger partial charge in [0.05, 0.1) is 6.61 Å². The maximum absolute atomic E-state index is 12.5. The minimum absolute atomic E-state index is 0.210. The molecule has 3 aromatic rings. The zero-order valence-electron chi connectivity index (χ0n) is 20.7. The van der Waals surface area contributed by atoms with E-state index in [4.69, 9.17) is 14.2 Å². The van der Waals surface area contributed by atoms with Crippen molar-refractivity contribution in [1.82, 2.24) is 0 Å². The van der Waals surface area contributed by atoms with Gasteiger partial charge >= 0.3 is 6.16 Å². The Hall–Kier alpha value is -4.33. The van der Waals surface area contributed by atoms with Gasteiger partial charge in [0.2, 0.25) is 0 Å². The second-order valence-electron chi connectivity index (χ2n) is 8.31. The number of anilines is 2. The molecule has 0 aliphatic heterocycles. The van der Waals surface area contributed by atoms with E-state index in [1.165, 1.54) is 29.8 Å². The van der Waals surface area contributed by atoms with Crippen molar-refractivity contribution in [3.05, 3.63) is 83.9 Å². The van der Waals surface area contributed by atoms with Crippen LogP contribution in [0.15, 0.2) is 72.8 Å². The highest BCUT2D eigenvalue weighted by Gasteiger charge is 2.15. The highest BCUT2D eigenvalue weighted by molar-refractivity contribution is 6.04. The standard InChI is InChI=1S/C28H30N2O6/c1-5-34-28(33)36-25-16-8-21(9-17-25)27(32)30-23-12-10-22(11-13-23)29-26(31)19(4)35-24-14-6-20(7-15-24)18(2)3/h6-19H,5H2,1-4H3,(H,29,31)(H,30,32). The van der Waals surface area contributed by atoms with Crippen LogP contribution in [0.2, 0.25) is 0 Å². The summed E-state index contributed by atoms with van der Waals surface area (Å²) >= 11 is 0. The summed E-state index contributed by atoms with van der Waals surface area (Å²) in [5.74, 6) is 0.701. The first kappa shape index (κ1) is 26.3. The van der Waals surface area contributed by atoms with Crippen molar-refractivity contribution in [2.24, 2.45) is 0 Å². The van der Waals surface area contributed by atoms with Gasteiger partial charge in [-0.25, -0.2) is 4.79 Å². The highest BCUT2D eigenvalue weighted by atomic mass is 16.7. The number of carbonyl (C=O) groups excluding carboxylic acids is 3. The van der Waals surface area contributed by atoms with Crippen molar-refractivity contribution in [1.29, 1.82) is 0 Å². The molecular formula is C28H30N2O6. The van der Waals surface area contributed by atoms with E-state index in [1.807, 2.05) is 24.3 Å². The molecule has 2 amide bonds. The van der Waals surface area contributed by atoms with Gasteiger partial charge in [-0.1, -0.05) is 26.0 Å². The molecule has 0 saturated carbocycles. The summed E-state index contributed by atoms with van der Waals surface area (Å²) in [5, 5.41) is 5.58. The number of hydrogen-bond acceptors (Lipinski definition) is 6. The van der Waals surface area contributed by atoms with Crippen LogP contribution in [0.5, 0.6) is 11.5 Å². The van der Waals surface area contributed by atoms with E-state index in [9.17, 15) is 14.4 Å². The lowest BCUT2D eigenvalue weighted by Gasteiger charge is -2.16. The minimum Gasteiger partial charge on any atom is -0.481 e. The number of carbonyl (C=O) groups is 3. The van der Waals surface area contributed by atoms with E-state index < -0.39 is 12.3 Å². The molecule has 0 bridgehead atoms. The molecule has 2 N–H and O–H groups in total. The van der Waals surface area contributed by atoms with E-state index in [0.29, 0.717) is 28.6 Å². The third kappa shape index (κ3) is 7.59. The molecule has 0 fully saturated rings. The highest BCUT2D eigenvalue weighted by Crippen LogP contribution is 2.21. The molecule has 0 spiro atoms. The van der Waals surface area contributed by atoms with Crippen LogP contribution in [0.3, 0.4) is 0 Å². The molecular weight excluding hydrogens is 460 g/mol. The topological polar surface area (TPSA) is 103 Å². The van der Waals surface area contributed by atoms with Crippen LogP contribution in [0.25, 0.3) is 0 Å². The molecule has 3 aromatic carbocycles. The Bertz CT molecular complexity index is 1170. The molecule has 0 saturated heterocycles. The van der Waals surface area contributed by atoms with Crippen LogP contribution in [-0.2, 0) is 9.53 Å². The van der Waals surface area contributed by atoms with Crippen molar-refractivity contribution in [3.63, 3.8) is 0 Å². The Morgan fingerprint density at radius 2 is 1.31 bits per heavy atom. The van der Waals surface area contributed by atoms with Gasteiger partial charge in [-0.15, -0.1) is 0 Å². The van der Waals surface area contributed by atoms with Crippen LogP contribution in [0, 0.1) is 0 Å². The van der Waals surface area contributed by atoms with Crippen molar-refractivity contribution in [3.8, 4) is 11.5 Å². The molecule has 0 heterocycles. The minimum atomic E-state index is -0.803. The van der Waals surface area contributed by atoms with E-state index in [-0.39, 0.29) is 24.2 Å². The molecule has 1 atom stereocenters. The summed E-state index contributed by atoms with van der Waals surface area (Å²) in [6.07, 6.45) is -1.49. The summed E-state index contributed by atoms with van der Waals surface area (Å²) in [4.78, 5) is 36.4. The van der Waals surface area contributed by atoms with E-state index in [1.54, 1.807) is 38.1 Å². The van der Waals surface area contributed by atoms with Gasteiger partial charge in [-0.05, 0) is 86.0 Å². The van der Waals surface area contributed by atoms with Crippen LogP contribution < -0.4 is 20.1 Å². The first-order valence-corrected chi connectivity index (χ1v) is 11.7. The van der Waals surface area contributed by atoms with Crippen molar-refractivity contribution < 1.29 is 28.6 Å². The van der Waals surface area contributed by atoms with Gasteiger partial charge in [-0.3, -0.25) is 9.59 Å². The Kier molecular flexibility index (Phi) is 9.05. The predicted molar refractivity (Wildman–Crippen MR) is 138 cm³/mol. The van der Waals surface area contributed by atoms with Gasteiger partial charge in [0.25, 0.3) is 11.8 Å². The molecule has 36 heavy (non-hydrogen) atoms. The fourth-order valence-electron chi connectivity index (χ4n) is 3.19. The number of benzene rings is 3. The molecule has 0 aliphatic carbocycles. The van der Waals surface area contributed by atoms with Crippen LogP contribution in [0.1, 0.15) is 49.5 Å². The first-order chi connectivity index (χ1) is 17.2. The molecule has 8 heteroatoms. The Labute approximate surface area is 210 Å². The summed E-state index contributed by atoms with van der Waals surface area (Å²) in [6, 6.07) is 20.5. The number of hydrogen-bond donors (Lipinski definition) is 2. The average Bonchev–Trinajstić information content (AvgIpc) is 2.86. The molecule has 8 nitrogen and oxygen atoms in total. The number of amides is 2. The quantitative estimate of drug-likeness (QED) is 0.282. The number of rotatable bonds is 9. The van der Waals surface area contributed by atoms with Gasteiger partial charge in [0, 0.05) is 16.9 Å². The molecule has 3 rings (SSSR count).